The van der Waals surface area contributed by atoms with Crippen molar-refractivity contribution in [1.82, 2.24) is 9.80 Å². The number of benzene rings is 1. The Hall–Kier alpha value is -2.09. The minimum Gasteiger partial charge on any atom is -0.376 e. The van der Waals surface area contributed by atoms with E-state index in [4.69, 9.17) is 5.11 Å². The van der Waals surface area contributed by atoms with Crippen LogP contribution in [0.15, 0.2) is 24.3 Å². The van der Waals surface area contributed by atoms with Crippen molar-refractivity contribution >= 4 is 11.8 Å². The average Bonchev–Trinajstić information content (AvgIpc) is 2.59. The summed E-state index contributed by atoms with van der Waals surface area (Å²) in [7, 11) is 1.65. The van der Waals surface area contributed by atoms with E-state index in [2.05, 4.69) is 0 Å². The number of aliphatic hydroxyl groups excluding tert-OH is 1. The van der Waals surface area contributed by atoms with Gasteiger partial charge in [-0.15, -0.1) is 0 Å². The summed E-state index contributed by atoms with van der Waals surface area (Å²) in [6, 6.07) is 6.96. The third-order valence-electron chi connectivity index (χ3n) is 4.49. The van der Waals surface area contributed by atoms with Gasteiger partial charge in [0, 0.05) is 31.7 Å². The average molecular weight is 358 g/mol. The van der Waals surface area contributed by atoms with Crippen LogP contribution in [0.25, 0.3) is 0 Å². The van der Waals surface area contributed by atoms with Crippen LogP contribution in [0.2, 0.25) is 0 Å². The number of piperidine rings is 1. The maximum atomic E-state index is 12.5. The van der Waals surface area contributed by atoms with Crippen LogP contribution in [0, 0.1) is 6.92 Å². The summed E-state index contributed by atoms with van der Waals surface area (Å²) in [4.78, 5) is 26.7. The lowest BCUT2D eigenvalue weighted by Gasteiger charge is -2.37. The van der Waals surface area contributed by atoms with Crippen LogP contribution < -0.4 is 0 Å². The highest BCUT2D eigenvalue weighted by Gasteiger charge is 2.46. The van der Waals surface area contributed by atoms with E-state index in [1.54, 1.807) is 24.1 Å². The number of rotatable bonds is 3. The molecule has 0 aliphatic carbocycles. The molecule has 1 atom stereocenters. The first-order chi connectivity index (χ1) is 11.6. The summed E-state index contributed by atoms with van der Waals surface area (Å²) >= 11 is 0. The van der Waals surface area contributed by atoms with Crippen LogP contribution in [0.3, 0.4) is 0 Å². The predicted molar refractivity (Wildman–Crippen MR) is 84.9 cm³/mol. The van der Waals surface area contributed by atoms with Crippen molar-refractivity contribution in [2.24, 2.45) is 0 Å². The lowest BCUT2D eigenvalue weighted by Crippen LogP contribution is -2.52. The van der Waals surface area contributed by atoms with E-state index < -0.39 is 18.2 Å². The number of hydrogen-bond acceptors (Lipinski definition) is 3. The van der Waals surface area contributed by atoms with Gasteiger partial charge < -0.3 is 14.9 Å². The number of halogens is 3. The molecule has 1 aliphatic rings. The molecule has 2 rings (SSSR count). The van der Waals surface area contributed by atoms with Crippen LogP contribution in [0.5, 0.6) is 0 Å². The Balaban J connectivity index is 1.94. The number of nitrogens with zero attached hydrogens (tertiary/aromatic N) is 2. The second kappa shape index (κ2) is 7.43. The van der Waals surface area contributed by atoms with Gasteiger partial charge in [0.1, 0.15) is 0 Å². The summed E-state index contributed by atoms with van der Waals surface area (Å²) in [6.45, 7) is 2.06. The SMILES string of the molecule is Cc1ccc(C(=O)N(C)C2CCN(C(=O)[C@@H](O)C(F)(F)F)CC2)cc1. The highest BCUT2D eigenvalue weighted by atomic mass is 19.4. The molecule has 8 heteroatoms. The fourth-order valence-corrected chi connectivity index (χ4v) is 2.85. The molecule has 1 aliphatic heterocycles. The number of aliphatic hydroxyl groups is 1. The number of aryl methyl sites for hydroxylation is 1. The molecule has 0 saturated carbocycles. The summed E-state index contributed by atoms with van der Waals surface area (Å²) < 4.78 is 37.3. The van der Waals surface area contributed by atoms with Crippen LogP contribution >= 0.6 is 0 Å². The van der Waals surface area contributed by atoms with Gasteiger partial charge in [0.2, 0.25) is 6.10 Å². The third-order valence-corrected chi connectivity index (χ3v) is 4.49. The summed E-state index contributed by atoms with van der Waals surface area (Å²) in [5.74, 6) is -1.50. The van der Waals surface area contributed by atoms with Gasteiger partial charge in [0.15, 0.2) is 0 Å². The van der Waals surface area contributed by atoms with Gasteiger partial charge in [-0.25, -0.2) is 0 Å². The zero-order valence-electron chi connectivity index (χ0n) is 14.1. The molecule has 1 N–H and O–H groups in total. The van der Waals surface area contributed by atoms with E-state index in [1.165, 1.54) is 0 Å². The summed E-state index contributed by atoms with van der Waals surface area (Å²) in [6.07, 6.45) is -7.22. The Morgan fingerprint density at radius 3 is 2.20 bits per heavy atom. The Labute approximate surface area is 144 Å². The second-order valence-corrected chi connectivity index (χ2v) is 6.28. The number of amides is 2. The van der Waals surface area contributed by atoms with Crippen molar-refractivity contribution in [3.8, 4) is 0 Å². The zero-order valence-corrected chi connectivity index (χ0v) is 14.1. The number of carbonyl (C=O) groups is 2. The Morgan fingerprint density at radius 2 is 1.72 bits per heavy atom. The molecule has 0 radical (unpaired) electrons. The van der Waals surface area contributed by atoms with Gasteiger partial charge in [0.05, 0.1) is 0 Å². The monoisotopic (exact) mass is 358 g/mol. The minimum absolute atomic E-state index is 0.0716. The van der Waals surface area contributed by atoms with Gasteiger partial charge in [-0.2, -0.15) is 13.2 Å². The van der Waals surface area contributed by atoms with Crippen molar-refractivity contribution in [3.05, 3.63) is 35.4 Å². The minimum atomic E-state index is -4.97. The topological polar surface area (TPSA) is 60.9 Å². The molecule has 25 heavy (non-hydrogen) atoms. The van der Waals surface area contributed by atoms with Crippen LogP contribution in [0.4, 0.5) is 13.2 Å². The van der Waals surface area contributed by atoms with Crippen LogP contribution in [0.1, 0.15) is 28.8 Å². The molecule has 1 aromatic rings. The molecule has 138 valence electrons. The number of alkyl halides is 3. The predicted octanol–water partition coefficient (Wildman–Crippen LogP) is 1.98. The summed E-state index contributed by atoms with van der Waals surface area (Å²) in [5.41, 5.74) is 1.58. The Kier molecular flexibility index (Phi) is 5.72. The quantitative estimate of drug-likeness (QED) is 0.899. The Bertz CT molecular complexity index is 623. The van der Waals surface area contributed by atoms with Crippen molar-refractivity contribution in [3.63, 3.8) is 0 Å². The zero-order chi connectivity index (χ0) is 18.8. The maximum Gasteiger partial charge on any atom is 0.423 e. The number of carbonyl (C=O) groups excluding carboxylic acids is 2. The van der Waals surface area contributed by atoms with Crippen molar-refractivity contribution < 1.29 is 27.9 Å². The summed E-state index contributed by atoms with van der Waals surface area (Å²) in [5, 5.41) is 9.06. The molecule has 2 amide bonds. The standard InChI is InChI=1S/C17H21F3N2O3/c1-11-3-5-12(6-4-11)15(24)21(2)13-7-9-22(10-8-13)16(25)14(23)17(18,19)20/h3-6,13-14,23H,7-10H2,1-2H3/t14-/m1/s1. The van der Waals surface area contributed by atoms with Crippen LogP contribution in [-0.4, -0.2) is 65.2 Å². The lowest BCUT2D eigenvalue weighted by atomic mass is 10.0. The molecule has 1 saturated heterocycles. The number of likely N-dealkylation sites (tertiary alicyclic amines) is 1. The van der Waals surface area contributed by atoms with E-state index in [9.17, 15) is 22.8 Å². The van der Waals surface area contributed by atoms with Gasteiger partial charge >= 0.3 is 6.18 Å². The van der Waals surface area contributed by atoms with E-state index in [0.717, 1.165) is 10.5 Å². The van der Waals surface area contributed by atoms with Gasteiger partial charge in [-0.1, -0.05) is 17.7 Å². The van der Waals surface area contributed by atoms with Gasteiger partial charge in [-0.05, 0) is 31.9 Å². The second-order valence-electron chi connectivity index (χ2n) is 6.28. The van der Waals surface area contributed by atoms with Gasteiger partial charge in [-0.3, -0.25) is 9.59 Å². The molecule has 1 heterocycles. The first-order valence-electron chi connectivity index (χ1n) is 7.98. The number of hydrogen-bond donors (Lipinski definition) is 1. The first kappa shape index (κ1) is 19.2. The van der Waals surface area contributed by atoms with Crippen molar-refractivity contribution in [2.75, 3.05) is 20.1 Å². The Morgan fingerprint density at radius 1 is 1.20 bits per heavy atom. The highest BCUT2D eigenvalue weighted by Crippen LogP contribution is 2.24. The molecular formula is C17H21F3N2O3. The van der Waals surface area contributed by atoms with E-state index in [1.807, 2.05) is 19.1 Å². The largest absolute Gasteiger partial charge is 0.423 e. The molecule has 5 nitrogen and oxygen atoms in total. The molecule has 1 aromatic carbocycles. The van der Waals surface area contributed by atoms with Crippen LogP contribution in [-0.2, 0) is 4.79 Å². The third kappa shape index (κ3) is 4.50. The van der Waals surface area contributed by atoms with Crippen molar-refractivity contribution in [2.45, 2.75) is 38.1 Å². The molecule has 0 spiro atoms. The lowest BCUT2D eigenvalue weighted by molar-refractivity contribution is -0.211. The van der Waals surface area contributed by atoms with Crippen molar-refractivity contribution in [1.29, 1.82) is 0 Å². The first-order valence-corrected chi connectivity index (χ1v) is 7.98. The fourth-order valence-electron chi connectivity index (χ4n) is 2.85. The van der Waals surface area contributed by atoms with E-state index in [-0.39, 0.29) is 25.0 Å². The molecule has 0 aromatic heterocycles. The van der Waals surface area contributed by atoms with Gasteiger partial charge in [0.25, 0.3) is 11.8 Å². The maximum absolute atomic E-state index is 12.5. The van der Waals surface area contributed by atoms with E-state index >= 15 is 0 Å². The molecule has 0 bridgehead atoms. The van der Waals surface area contributed by atoms with E-state index in [0.29, 0.717) is 18.4 Å². The molecule has 0 unspecified atom stereocenters. The normalized spacial score (nSPS) is 17.3. The smallest absolute Gasteiger partial charge is 0.376 e. The fraction of sp³-hybridized carbons (Fsp3) is 0.529. The molecule has 1 fully saturated rings. The molecular weight excluding hydrogens is 337 g/mol. The highest BCUT2D eigenvalue weighted by molar-refractivity contribution is 5.94.